The van der Waals surface area contributed by atoms with Crippen LogP contribution < -0.4 is 5.32 Å². The summed E-state index contributed by atoms with van der Waals surface area (Å²) >= 11 is 5.92. The molecular formula is C18H17ClN2. The van der Waals surface area contributed by atoms with E-state index in [9.17, 15) is 0 Å². The molecule has 0 bridgehead atoms. The minimum atomic E-state index is 0.287. The second-order valence-corrected chi connectivity index (χ2v) is 5.65. The molecular weight excluding hydrogens is 280 g/mol. The molecule has 0 saturated carbocycles. The Bertz CT molecular complexity index is 738. The van der Waals surface area contributed by atoms with Crippen LogP contribution in [0, 0.1) is 0 Å². The van der Waals surface area contributed by atoms with E-state index in [0.29, 0.717) is 0 Å². The first kappa shape index (κ1) is 14.1. The number of benzene rings is 2. The number of nitrogens with one attached hydrogen (secondary N) is 1. The fraction of sp³-hybridized carbons (Fsp3) is 0.167. The molecule has 0 fully saturated rings. The lowest BCUT2D eigenvalue weighted by atomic mass is 10.1. The summed E-state index contributed by atoms with van der Waals surface area (Å²) in [5, 5.41) is 6.71. The van der Waals surface area contributed by atoms with Crippen LogP contribution in [0.1, 0.15) is 24.1 Å². The maximum atomic E-state index is 5.92. The summed E-state index contributed by atoms with van der Waals surface area (Å²) in [5.74, 6) is 0. The van der Waals surface area contributed by atoms with Gasteiger partial charge in [0, 0.05) is 35.4 Å². The second kappa shape index (κ2) is 6.25. The van der Waals surface area contributed by atoms with E-state index >= 15 is 0 Å². The summed E-state index contributed by atoms with van der Waals surface area (Å²) in [6.45, 7) is 3.00. The van der Waals surface area contributed by atoms with Crippen LogP contribution in [0.3, 0.4) is 0 Å². The van der Waals surface area contributed by atoms with E-state index in [4.69, 9.17) is 11.6 Å². The van der Waals surface area contributed by atoms with Crippen molar-refractivity contribution in [3.63, 3.8) is 0 Å². The molecule has 3 aromatic rings. The van der Waals surface area contributed by atoms with Gasteiger partial charge in [-0.05, 0) is 47.7 Å². The highest BCUT2D eigenvalue weighted by atomic mass is 35.5. The van der Waals surface area contributed by atoms with E-state index in [-0.39, 0.29) is 6.04 Å². The predicted molar refractivity (Wildman–Crippen MR) is 88.4 cm³/mol. The van der Waals surface area contributed by atoms with Gasteiger partial charge in [-0.2, -0.15) is 0 Å². The zero-order valence-corrected chi connectivity index (χ0v) is 12.6. The average Bonchev–Trinajstić information content (AvgIpc) is 2.53. The number of hydrogen-bond acceptors (Lipinski definition) is 2. The highest BCUT2D eigenvalue weighted by Gasteiger charge is 2.05. The Hall–Kier alpha value is -1.90. The molecule has 2 nitrogen and oxygen atoms in total. The number of rotatable bonds is 4. The Morgan fingerprint density at radius 1 is 1.05 bits per heavy atom. The molecule has 0 aliphatic rings. The summed E-state index contributed by atoms with van der Waals surface area (Å²) in [7, 11) is 0. The Morgan fingerprint density at radius 3 is 2.67 bits per heavy atom. The summed E-state index contributed by atoms with van der Waals surface area (Å²) in [4.78, 5) is 4.14. The Balaban J connectivity index is 1.69. The molecule has 0 amide bonds. The van der Waals surface area contributed by atoms with Gasteiger partial charge >= 0.3 is 0 Å². The summed E-state index contributed by atoms with van der Waals surface area (Å²) in [6.07, 6.45) is 3.72. The van der Waals surface area contributed by atoms with Crippen molar-refractivity contribution in [2.24, 2.45) is 0 Å². The van der Waals surface area contributed by atoms with Crippen LogP contribution in [-0.4, -0.2) is 4.98 Å². The lowest BCUT2D eigenvalue weighted by Crippen LogP contribution is -2.17. The Labute approximate surface area is 129 Å². The number of halogens is 1. The van der Waals surface area contributed by atoms with Crippen LogP contribution >= 0.6 is 11.6 Å². The average molecular weight is 297 g/mol. The van der Waals surface area contributed by atoms with Gasteiger partial charge in [-0.25, -0.2) is 0 Å². The highest BCUT2D eigenvalue weighted by Crippen LogP contribution is 2.18. The van der Waals surface area contributed by atoms with Gasteiger partial charge in [0.1, 0.15) is 0 Å². The summed E-state index contributed by atoms with van der Waals surface area (Å²) < 4.78 is 0. The molecule has 2 aromatic carbocycles. The molecule has 1 atom stereocenters. The van der Waals surface area contributed by atoms with Gasteiger partial charge in [-0.15, -0.1) is 0 Å². The molecule has 0 unspecified atom stereocenters. The van der Waals surface area contributed by atoms with Gasteiger partial charge in [0.2, 0.25) is 0 Å². The molecule has 1 heterocycles. The van der Waals surface area contributed by atoms with Crippen LogP contribution in [0.25, 0.3) is 10.8 Å². The van der Waals surface area contributed by atoms with E-state index < -0.39 is 0 Å². The molecule has 106 valence electrons. The van der Waals surface area contributed by atoms with Crippen molar-refractivity contribution in [3.05, 3.63) is 77.1 Å². The van der Waals surface area contributed by atoms with Crippen LogP contribution in [-0.2, 0) is 6.54 Å². The maximum Gasteiger partial charge on any atom is 0.0406 e. The molecule has 21 heavy (non-hydrogen) atoms. The first-order valence-corrected chi connectivity index (χ1v) is 7.42. The van der Waals surface area contributed by atoms with Gasteiger partial charge < -0.3 is 5.32 Å². The molecule has 0 aliphatic carbocycles. The third-order valence-corrected chi connectivity index (χ3v) is 3.94. The molecule has 1 N–H and O–H groups in total. The van der Waals surface area contributed by atoms with Crippen molar-refractivity contribution in [2.75, 3.05) is 0 Å². The van der Waals surface area contributed by atoms with Crippen molar-refractivity contribution in [1.82, 2.24) is 10.3 Å². The van der Waals surface area contributed by atoms with Gasteiger partial charge in [-0.3, -0.25) is 4.98 Å². The molecule has 0 aliphatic heterocycles. The Kier molecular flexibility index (Phi) is 4.18. The first-order valence-electron chi connectivity index (χ1n) is 7.04. The topological polar surface area (TPSA) is 24.9 Å². The minimum absolute atomic E-state index is 0.287. The normalized spacial score (nSPS) is 12.5. The molecule has 0 spiro atoms. The van der Waals surface area contributed by atoms with Gasteiger partial charge in [0.25, 0.3) is 0 Å². The van der Waals surface area contributed by atoms with E-state index in [2.05, 4.69) is 47.6 Å². The van der Waals surface area contributed by atoms with Crippen molar-refractivity contribution >= 4 is 22.4 Å². The number of hydrogen-bond donors (Lipinski definition) is 1. The van der Waals surface area contributed by atoms with Crippen LogP contribution in [0.4, 0.5) is 0 Å². The van der Waals surface area contributed by atoms with Crippen LogP contribution in [0.2, 0.25) is 5.02 Å². The number of fused-ring (bicyclic) bond motifs is 1. The fourth-order valence-corrected chi connectivity index (χ4v) is 2.51. The monoisotopic (exact) mass is 296 g/mol. The highest BCUT2D eigenvalue weighted by molar-refractivity contribution is 6.30. The molecule has 0 saturated heterocycles. The quantitative estimate of drug-likeness (QED) is 0.752. The summed E-state index contributed by atoms with van der Waals surface area (Å²) in [5.41, 5.74) is 2.51. The fourth-order valence-electron chi connectivity index (χ4n) is 2.38. The smallest absolute Gasteiger partial charge is 0.0406 e. The number of nitrogens with zero attached hydrogens (tertiary/aromatic N) is 1. The number of aromatic nitrogens is 1. The van der Waals surface area contributed by atoms with Crippen molar-refractivity contribution in [1.29, 1.82) is 0 Å². The third-order valence-electron chi connectivity index (χ3n) is 3.69. The zero-order chi connectivity index (χ0) is 14.7. The third kappa shape index (κ3) is 3.41. The Morgan fingerprint density at radius 2 is 1.86 bits per heavy atom. The van der Waals surface area contributed by atoms with E-state index in [1.807, 2.05) is 30.6 Å². The molecule has 1 aromatic heterocycles. The zero-order valence-electron chi connectivity index (χ0n) is 11.9. The van der Waals surface area contributed by atoms with E-state index in [1.165, 1.54) is 21.9 Å². The van der Waals surface area contributed by atoms with E-state index in [1.54, 1.807) is 0 Å². The maximum absolute atomic E-state index is 5.92. The summed E-state index contributed by atoms with van der Waals surface area (Å²) in [6, 6.07) is 16.8. The van der Waals surface area contributed by atoms with Crippen LogP contribution in [0.15, 0.2) is 60.9 Å². The van der Waals surface area contributed by atoms with Crippen molar-refractivity contribution in [3.8, 4) is 0 Å². The number of pyridine rings is 1. The molecule has 3 rings (SSSR count). The van der Waals surface area contributed by atoms with Crippen LogP contribution in [0.5, 0.6) is 0 Å². The lowest BCUT2D eigenvalue weighted by Gasteiger charge is -2.14. The molecule has 0 radical (unpaired) electrons. The second-order valence-electron chi connectivity index (χ2n) is 5.21. The minimum Gasteiger partial charge on any atom is -0.306 e. The SMILES string of the molecule is C[C@H](NCc1ccc2cnccc2c1)c1ccc(Cl)cc1. The standard InChI is InChI=1S/C18H17ClN2/c1-13(15-4-6-18(19)7-5-15)21-11-14-2-3-17-12-20-9-8-16(17)10-14/h2-10,12-13,21H,11H2,1H3/t13-/m0/s1. The van der Waals surface area contributed by atoms with Crippen molar-refractivity contribution in [2.45, 2.75) is 19.5 Å². The lowest BCUT2D eigenvalue weighted by molar-refractivity contribution is 0.575. The molecule has 3 heteroatoms. The largest absolute Gasteiger partial charge is 0.306 e. The van der Waals surface area contributed by atoms with Gasteiger partial charge in [0.05, 0.1) is 0 Å². The first-order chi connectivity index (χ1) is 10.2. The van der Waals surface area contributed by atoms with Gasteiger partial charge in [0.15, 0.2) is 0 Å². The van der Waals surface area contributed by atoms with Crippen molar-refractivity contribution < 1.29 is 0 Å². The van der Waals surface area contributed by atoms with Gasteiger partial charge in [-0.1, -0.05) is 35.9 Å². The van der Waals surface area contributed by atoms with E-state index in [0.717, 1.165) is 11.6 Å². The predicted octanol–water partition coefficient (Wildman–Crippen LogP) is 4.74.